The maximum Gasteiger partial charge on any atom is 0.417 e. The average molecular weight is 480 g/mol. The first-order valence-electron chi connectivity index (χ1n) is 11.6. The number of nitriles is 1. The second kappa shape index (κ2) is 10.1. The molecule has 1 unspecified atom stereocenters. The molecule has 2 heterocycles. The molecule has 2 fully saturated rings. The Morgan fingerprint density at radius 1 is 1.26 bits per heavy atom. The van der Waals surface area contributed by atoms with Crippen molar-refractivity contribution in [1.82, 2.24) is 15.5 Å². The van der Waals surface area contributed by atoms with Crippen LogP contribution in [-0.4, -0.2) is 56.1 Å². The molecular formula is C24H32F3N5O2. The maximum absolute atomic E-state index is 13.4. The van der Waals surface area contributed by atoms with Gasteiger partial charge in [-0.25, -0.2) is 4.79 Å². The van der Waals surface area contributed by atoms with Crippen molar-refractivity contribution in [3.8, 4) is 6.07 Å². The number of nitrogens with one attached hydrogen (secondary N) is 2. The number of likely N-dealkylation sites (tertiary alicyclic amines) is 1. The Labute approximate surface area is 198 Å². The molecule has 0 bridgehead atoms. The summed E-state index contributed by atoms with van der Waals surface area (Å²) in [5.41, 5.74) is -1.17. The minimum Gasteiger partial charge on any atom is -0.371 e. The average Bonchev–Trinajstić information content (AvgIpc) is 3.17. The van der Waals surface area contributed by atoms with Gasteiger partial charge in [-0.3, -0.25) is 4.79 Å². The zero-order chi connectivity index (χ0) is 25.1. The number of anilines is 1. The molecule has 3 amide bonds. The predicted molar refractivity (Wildman–Crippen MR) is 122 cm³/mol. The van der Waals surface area contributed by atoms with Crippen molar-refractivity contribution in [2.75, 3.05) is 38.1 Å². The van der Waals surface area contributed by atoms with Crippen LogP contribution < -0.4 is 15.5 Å². The molecule has 3 rings (SSSR count). The lowest BCUT2D eigenvalue weighted by Crippen LogP contribution is -2.49. The normalized spacial score (nSPS) is 19.9. The van der Waals surface area contributed by atoms with E-state index < -0.39 is 23.3 Å². The van der Waals surface area contributed by atoms with E-state index in [1.54, 1.807) is 24.1 Å². The summed E-state index contributed by atoms with van der Waals surface area (Å²) in [6.07, 6.45) is -1.93. The zero-order valence-electron chi connectivity index (χ0n) is 19.8. The Morgan fingerprint density at radius 3 is 2.50 bits per heavy atom. The number of rotatable bonds is 5. The van der Waals surface area contributed by atoms with Crippen LogP contribution in [0.25, 0.3) is 0 Å². The standard InChI is InChI=1S/C24H32F3N5O2/c1-16(2)6-9-30-22(34)32-15-23(13-20(32)21(33)29-3)7-10-31(11-8-23)18-5-4-17(14-28)19(12-18)24(25,26)27/h4-5,12,16,20H,6-11,13,15H2,1-3H3,(H,29,33)(H,30,34). The number of hydrogen-bond acceptors (Lipinski definition) is 4. The van der Waals surface area contributed by atoms with Crippen LogP contribution in [0, 0.1) is 22.7 Å². The van der Waals surface area contributed by atoms with Gasteiger partial charge in [0, 0.05) is 38.9 Å². The Kier molecular flexibility index (Phi) is 7.64. The van der Waals surface area contributed by atoms with E-state index in [9.17, 15) is 22.8 Å². The number of hydrogen-bond donors (Lipinski definition) is 2. The number of alkyl halides is 3. The van der Waals surface area contributed by atoms with Gasteiger partial charge in [-0.05, 0) is 55.2 Å². The first-order valence-corrected chi connectivity index (χ1v) is 11.6. The monoisotopic (exact) mass is 479 g/mol. The highest BCUT2D eigenvalue weighted by Gasteiger charge is 2.49. The Bertz CT molecular complexity index is 949. The molecule has 0 aromatic heterocycles. The minimum absolute atomic E-state index is 0.208. The summed E-state index contributed by atoms with van der Waals surface area (Å²) in [5.74, 6) is 0.240. The van der Waals surface area contributed by atoms with Gasteiger partial charge in [0.1, 0.15) is 6.04 Å². The van der Waals surface area contributed by atoms with Crippen LogP contribution in [0.15, 0.2) is 18.2 Å². The molecule has 34 heavy (non-hydrogen) atoms. The summed E-state index contributed by atoms with van der Waals surface area (Å²) in [7, 11) is 1.55. The zero-order valence-corrected chi connectivity index (χ0v) is 19.8. The molecule has 1 spiro atoms. The van der Waals surface area contributed by atoms with Gasteiger partial charge in [0.15, 0.2) is 0 Å². The van der Waals surface area contributed by atoms with Gasteiger partial charge in [-0.15, -0.1) is 0 Å². The fourth-order valence-corrected chi connectivity index (χ4v) is 4.90. The molecule has 10 heteroatoms. The van der Waals surface area contributed by atoms with Gasteiger partial charge in [-0.2, -0.15) is 18.4 Å². The summed E-state index contributed by atoms with van der Waals surface area (Å²) in [6.45, 7) is 6.13. The highest BCUT2D eigenvalue weighted by atomic mass is 19.4. The van der Waals surface area contributed by atoms with Crippen molar-refractivity contribution in [3.05, 3.63) is 29.3 Å². The molecule has 2 N–H and O–H groups in total. The molecule has 186 valence electrons. The topological polar surface area (TPSA) is 88.5 Å². The van der Waals surface area contributed by atoms with E-state index in [0.717, 1.165) is 12.5 Å². The van der Waals surface area contributed by atoms with Crippen LogP contribution >= 0.6 is 0 Å². The first kappa shape index (κ1) is 25.7. The SMILES string of the molecule is CNC(=O)C1CC2(CCN(c3ccc(C#N)c(C(F)(F)F)c3)CC2)CN1C(=O)NCCC(C)C. The van der Waals surface area contributed by atoms with Crippen molar-refractivity contribution in [2.24, 2.45) is 11.3 Å². The fraction of sp³-hybridized carbons (Fsp3) is 0.625. The number of amides is 3. The third kappa shape index (κ3) is 5.57. The number of urea groups is 1. The van der Waals surface area contributed by atoms with E-state index in [1.807, 2.05) is 4.90 Å². The summed E-state index contributed by atoms with van der Waals surface area (Å²) >= 11 is 0. The highest BCUT2D eigenvalue weighted by Crippen LogP contribution is 2.44. The molecule has 0 saturated carbocycles. The van der Waals surface area contributed by atoms with E-state index in [-0.39, 0.29) is 17.4 Å². The lowest BCUT2D eigenvalue weighted by molar-refractivity contribution is -0.137. The number of carbonyl (C=O) groups excluding carboxylic acids is 2. The number of piperidine rings is 1. The molecular weight excluding hydrogens is 447 g/mol. The largest absolute Gasteiger partial charge is 0.417 e. The smallest absolute Gasteiger partial charge is 0.371 e. The van der Waals surface area contributed by atoms with Crippen molar-refractivity contribution >= 4 is 17.6 Å². The summed E-state index contributed by atoms with van der Waals surface area (Å²) in [5, 5.41) is 14.6. The molecule has 1 aromatic rings. The van der Waals surface area contributed by atoms with E-state index in [2.05, 4.69) is 24.5 Å². The Morgan fingerprint density at radius 2 is 1.94 bits per heavy atom. The van der Waals surface area contributed by atoms with Gasteiger partial charge >= 0.3 is 12.2 Å². The van der Waals surface area contributed by atoms with Gasteiger partial charge < -0.3 is 20.4 Å². The van der Waals surface area contributed by atoms with Crippen molar-refractivity contribution in [1.29, 1.82) is 5.26 Å². The summed E-state index contributed by atoms with van der Waals surface area (Å²) in [6, 6.07) is 4.58. The van der Waals surface area contributed by atoms with Crippen LogP contribution in [0.1, 0.15) is 50.7 Å². The minimum atomic E-state index is -4.60. The predicted octanol–water partition coefficient (Wildman–Crippen LogP) is 3.74. The molecule has 0 aliphatic carbocycles. The maximum atomic E-state index is 13.4. The van der Waals surface area contributed by atoms with E-state index in [0.29, 0.717) is 57.0 Å². The summed E-state index contributed by atoms with van der Waals surface area (Å²) < 4.78 is 40.1. The van der Waals surface area contributed by atoms with Crippen molar-refractivity contribution in [3.63, 3.8) is 0 Å². The van der Waals surface area contributed by atoms with E-state index in [1.165, 1.54) is 6.07 Å². The Balaban J connectivity index is 1.72. The lowest BCUT2D eigenvalue weighted by Gasteiger charge is -2.40. The van der Waals surface area contributed by atoms with Crippen LogP contribution in [-0.2, 0) is 11.0 Å². The number of halogens is 3. The van der Waals surface area contributed by atoms with Crippen LogP contribution in [0.5, 0.6) is 0 Å². The van der Waals surface area contributed by atoms with Crippen molar-refractivity contribution in [2.45, 2.75) is 51.7 Å². The molecule has 0 radical (unpaired) electrons. The van der Waals surface area contributed by atoms with Crippen LogP contribution in [0.3, 0.4) is 0 Å². The first-order chi connectivity index (χ1) is 16.0. The third-order valence-corrected chi connectivity index (χ3v) is 6.93. The van der Waals surface area contributed by atoms with Gasteiger partial charge in [0.2, 0.25) is 5.91 Å². The highest BCUT2D eigenvalue weighted by molar-refractivity contribution is 5.87. The van der Waals surface area contributed by atoms with Crippen molar-refractivity contribution < 1.29 is 22.8 Å². The molecule has 7 nitrogen and oxygen atoms in total. The molecule has 2 saturated heterocycles. The van der Waals surface area contributed by atoms with Gasteiger partial charge in [-0.1, -0.05) is 13.8 Å². The van der Waals surface area contributed by atoms with Crippen LogP contribution in [0.4, 0.5) is 23.7 Å². The van der Waals surface area contributed by atoms with E-state index in [4.69, 9.17) is 5.26 Å². The number of benzene rings is 1. The number of carbonyl (C=O) groups is 2. The quantitative estimate of drug-likeness (QED) is 0.674. The van der Waals surface area contributed by atoms with Gasteiger partial charge in [0.05, 0.1) is 17.2 Å². The van der Waals surface area contributed by atoms with Gasteiger partial charge in [0.25, 0.3) is 0 Å². The fourth-order valence-electron chi connectivity index (χ4n) is 4.90. The second-order valence-electron chi connectivity index (χ2n) is 9.70. The molecule has 2 aliphatic rings. The number of nitrogens with zero attached hydrogens (tertiary/aromatic N) is 3. The summed E-state index contributed by atoms with van der Waals surface area (Å²) in [4.78, 5) is 28.9. The second-order valence-corrected chi connectivity index (χ2v) is 9.70. The molecule has 2 aliphatic heterocycles. The molecule has 1 aromatic carbocycles. The lowest BCUT2D eigenvalue weighted by atomic mass is 9.76. The van der Waals surface area contributed by atoms with Crippen LogP contribution in [0.2, 0.25) is 0 Å². The number of likely N-dealkylation sites (N-methyl/N-ethyl adjacent to an activating group) is 1. The Hall–Kier alpha value is -2.96. The molecule has 1 atom stereocenters. The third-order valence-electron chi connectivity index (χ3n) is 6.93. The van der Waals surface area contributed by atoms with E-state index >= 15 is 0 Å².